The topological polar surface area (TPSA) is 41.5 Å². The van der Waals surface area contributed by atoms with Gasteiger partial charge in [0.2, 0.25) is 0 Å². The minimum Gasteiger partial charge on any atom is -0.381 e. The van der Waals surface area contributed by atoms with Crippen LogP contribution in [0.4, 0.5) is 0 Å². The molecular formula is C6H13NO2. The largest absolute Gasteiger partial charge is 0.381 e. The summed E-state index contributed by atoms with van der Waals surface area (Å²) in [6.07, 6.45) is 2.64. The predicted molar refractivity (Wildman–Crippen MR) is 34.1 cm³/mol. The number of nitrogens with one attached hydrogen (secondary N) is 1. The summed E-state index contributed by atoms with van der Waals surface area (Å²) in [5.41, 5.74) is 0. The van der Waals surface area contributed by atoms with Crippen LogP contribution in [0.25, 0.3) is 0 Å². The molecule has 0 radical (unpaired) electrons. The second-order valence-corrected chi connectivity index (χ2v) is 2.25. The zero-order chi connectivity index (χ0) is 6.53. The van der Waals surface area contributed by atoms with Crippen molar-refractivity contribution in [3.05, 3.63) is 0 Å². The molecule has 0 aromatic rings. The molecule has 1 unspecified atom stereocenters. The van der Waals surface area contributed by atoms with E-state index in [1.807, 2.05) is 0 Å². The zero-order valence-electron chi connectivity index (χ0n) is 5.47. The van der Waals surface area contributed by atoms with E-state index in [1.54, 1.807) is 0 Å². The Balaban J connectivity index is 1.98. The minimum absolute atomic E-state index is 0.0554. The molecule has 0 aromatic carbocycles. The maximum absolute atomic E-state index is 8.36. The summed E-state index contributed by atoms with van der Waals surface area (Å²) in [5, 5.41) is 11.2. The Morgan fingerprint density at radius 1 is 1.67 bits per heavy atom. The molecular weight excluding hydrogens is 118 g/mol. The lowest BCUT2D eigenvalue weighted by molar-refractivity contribution is 0.102. The van der Waals surface area contributed by atoms with Crippen molar-refractivity contribution in [2.75, 3.05) is 19.9 Å². The summed E-state index contributed by atoms with van der Waals surface area (Å²) < 4.78 is 5.28. The maximum Gasteiger partial charge on any atom is 0.0932 e. The van der Waals surface area contributed by atoms with Gasteiger partial charge < -0.3 is 9.84 Å². The third-order valence-electron chi connectivity index (χ3n) is 1.51. The summed E-state index contributed by atoms with van der Waals surface area (Å²) in [7, 11) is 0. The van der Waals surface area contributed by atoms with Gasteiger partial charge in [0, 0.05) is 13.2 Å². The number of hydrogen-bond acceptors (Lipinski definition) is 3. The molecule has 0 aliphatic carbocycles. The molecule has 0 amide bonds. The third-order valence-corrected chi connectivity index (χ3v) is 1.51. The van der Waals surface area contributed by atoms with E-state index in [9.17, 15) is 0 Å². The van der Waals surface area contributed by atoms with Crippen molar-refractivity contribution < 1.29 is 9.84 Å². The molecule has 1 atom stereocenters. The molecule has 0 aromatic heterocycles. The van der Waals surface area contributed by atoms with Crippen LogP contribution in [0.1, 0.15) is 12.8 Å². The maximum atomic E-state index is 8.36. The molecule has 9 heavy (non-hydrogen) atoms. The first-order valence-electron chi connectivity index (χ1n) is 3.36. The van der Waals surface area contributed by atoms with E-state index in [1.165, 1.54) is 0 Å². The van der Waals surface area contributed by atoms with Crippen LogP contribution in [-0.4, -0.2) is 31.1 Å². The lowest BCUT2D eigenvalue weighted by Crippen LogP contribution is -2.26. The normalized spacial score (nSPS) is 27.0. The van der Waals surface area contributed by atoms with Crippen LogP contribution in [0, 0.1) is 0 Å². The first kappa shape index (κ1) is 6.99. The van der Waals surface area contributed by atoms with E-state index < -0.39 is 0 Å². The standard InChI is InChI=1S/C6H13NO2/c8-5-7-4-6-2-1-3-9-6/h6-8H,1-5H2. The Kier molecular flexibility index (Phi) is 2.97. The van der Waals surface area contributed by atoms with E-state index in [0.717, 1.165) is 26.0 Å². The molecule has 1 aliphatic rings. The number of aliphatic hydroxyl groups is 1. The highest BCUT2D eigenvalue weighted by Crippen LogP contribution is 2.09. The van der Waals surface area contributed by atoms with Gasteiger partial charge in [0.1, 0.15) is 0 Å². The van der Waals surface area contributed by atoms with Crippen molar-refractivity contribution in [3.63, 3.8) is 0 Å². The predicted octanol–water partition coefficient (Wildman–Crippen LogP) is -0.295. The van der Waals surface area contributed by atoms with Crippen molar-refractivity contribution in [1.29, 1.82) is 0 Å². The number of rotatable bonds is 3. The summed E-state index contributed by atoms with van der Waals surface area (Å²) in [6.45, 7) is 1.73. The van der Waals surface area contributed by atoms with Crippen molar-refractivity contribution in [1.82, 2.24) is 5.32 Å². The van der Waals surface area contributed by atoms with E-state index in [4.69, 9.17) is 9.84 Å². The highest BCUT2D eigenvalue weighted by atomic mass is 16.5. The Morgan fingerprint density at radius 2 is 2.56 bits per heavy atom. The Hall–Kier alpha value is -0.120. The molecule has 3 heteroatoms. The molecule has 0 bridgehead atoms. The average Bonchev–Trinajstić information content (AvgIpc) is 2.34. The van der Waals surface area contributed by atoms with Crippen LogP contribution in [0.5, 0.6) is 0 Å². The fourth-order valence-corrected chi connectivity index (χ4v) is 1.03. The van der Waals surface area contributed by atoms with Gasteiger partial charge in [-0.3, -0.25) is 5.32 Å². The van der Waals surface area contributed by atoms with Gasteiger partial charge in [0.15, 0.2) is 0 Å². The summed E-state index contributed by atoms with van der Waals surface area (Å²) >= 11 is 0. The molecule has 1 heterocycles. The van der Waals surface area contributed by atoms with Crippen LogP contribution in [0.3, 0.4) is 0 Å². The van der Waals surface area contributed by atoms with Crippen molar-refractivity contribution in [2.45, 2.75) is 18.9 Å². The van der Waals surface area contributed by atoms with Crippen LogP contribution in [0.15, 0.2) is 0 Å². The molecule has 0 saturated carbocycles. The number of hydrogen-bond donors (Lipinski definition) is 2. The molecule has 3 nitrogen and oxygen atoms in total. The molecule has 1 saturated heterocycles. The van der Waals surface area contributed by atoms with Crippen molar-refractivity contribution in [2.24, 2.45) is 0 Å². The highest BCUT2D eigenvalue weighted by molar-refractivity contribution is 4.65. The van der Waals surface area contributed by atoms with Crippen molar-refractivity contribution >= 4 is 0 Å². The SMILES string of the molecule is OCNCC1CCCO1. The monoisotopic (exact) mass is 131 g/mol. The van der Waals surface area contributed by atoms with Gasteiger partial charge >= 0.3 is 0 Å². The van der Waals surface area contributed by atoms with Gasteiger partial charge in [-0.05, 0) is 12.8 Å². The number of ether oxygens (including phenoxy) is 1. The van der Waals surface area contributed by atoms with Gasteiger partial charge in [0.05, 0.1) is 12.8 Å². The van der Waals surface area contributed by atoms with Gasteiger partial charge in [-0.15, -0.1) is 0 Å². The second-order valence-electron chi connectivity index (χ2n) is 2.25. The fraction of sp³-hybridized carbons (Fsp3) is 1.00. The Bertz CT molecular complexity index is 71.5. The van der Waals surface area contributed by atoms with Gasteiger partial charge in [0.25, 0.3) is 0 Å². The molecule has 1 fully saturated rings. The second kappa shape index (κ2) is 3.82. The van der Waals surface area contributed by atoms with Gasteiger partial charge in [-0.2, -0.15) is 0 Å². The first-order chi connectivity index (χ1) is 4.43. The van der Waals surface area contributed by atoms with E-state index in [2.05, 4.69) is 5.32 Å². The third kappa shape index (κ3) is 2.30. The van der Waals surface area contributed by atoms with Crippen LogP contribution < -0.4 is 5.32 Å². The van der Waals surface area contributed by atoms with E-state index >= 15 is 0 Å². The first-order valence-corrected chi connectivity index (χ1v) is 3.36. The molecule has 2 N–H and O–H groups in total. The smallest absolute Gasteiger partial charge is 0.0932 e. The molecule has 1 rings (SSSR count). The Morgan fingerprint density at radius 3 is 3.11 bits per heavy atom. The van der Waals surface area contributed by atoms with E-state index in [0.29, 0.717) is 6.10 Å². The molecule has 1 aliphatic heterocycles. The molecule has 0 spiro atoms. The minimum atomic E-state index is 0.0554. The molecule has 54 valence electrons. The Labute approximate surface area is 55.0 Å². The quantitative estimate of drug-likeness (QED) is 0.517. The van der Waals surface area contributed by atoms with Crippen LogP contribution in [-0.2, 0) is 4.74 Å². The zero-order valence-corrected chi connectivity index (χ0v) is 5.47. The highest BCUT2D eigenvalue weighted by Gasteiger charge is 2.13. The summed E-state index contributed by atoms with van der Waals surface area (Å²) in [4.78, 5) is 0. The number of aliphatic hydroxyl groups excluding tert-OH is 1. The van der Waals surface area contributed by atoms with Crippen LogP contribution >= 0.6 is 0 Å². The summed E-state index contributed by atoms with van der Waals surface area (Å²) in [6, 6.07) is 0. The van der Waals surface area contributed by atoms with E-state index in [-0.39, 0.29) is 6.73 Å². The van der Waals surface area contributed by atoms with Crippen molar-refractivity contribution in [3.8, 4) is 0 Å². The van der Waals surface area contributed by atoms with Gasteiger partial charge in [-0.25, -0.2) is 0 Å². The summed E-state index contributed by atoms with van der Waals surface area (Å²) in [5.74, 6) is 0. The van der Waals surface area contributed by atoms with Gasteiger partial charge in [-0.1, -0.05) is 0 Å². The average molecular weight is 131 g/mol. The fourth-order valence-electron chi connectivity index (χ4n) is 1.03. The lowest BCUT2D eigenvalue weighted by Gasteiger charge is -2.07. The lowest BCUT2D eigenvalue weighted by atomic mass is 10.2. The van der Waals surface area contributed by atoms with Crippen LogP contribution in [0.2, 0.25) is 0 Å².